The summed E-state index contributed by atoms with van der Waals surface area (Å²) in [6.07, 6.45) is 8.51. The lowest BCUT2D eigenvalue weighted by Gasteiger charge is -2.20. The predicted molar refractivity (Wildman–Crippen MR) is 70.2 cm³/mol. The molecule has 0 saturated carbocycles. The van der Waals surface area contributed by atoms with Crippen molar-refractivity contribution in [3.05, 3.63) is 17.7 Å². The van der Waals surface area contributed by atoms with Crippen LogP contribution in [0.15, 0.2) is 6.20 Å². The number of aromatic nitrogens is 2. The predicted octanol–water partition coefficient (Wildman–Crippen LogP) is 2.40. The van der Waals surface area contributed by atoms with Crippen LogP contribution in [0.3, 0.4) is 0 Å². The molecule has 2 aliphatic rings. The Kier molecular flexibility index (Phi) is 3.43. The molecule has 0 spiro atoms. The molecule has 94 valence electrons. The smallest absolute Gasteiger partial charge is 0.131 e. The van der Waals surface area contributed by atoms with Crippen molar-refractivity contribution in [2.75, 3.05) is 11.5 Å². The number of nitrogens with zero attached hydrogens (tertiary/aromatic N) is 2. The minimum absolute atomic E-state index is 0.333. The lowest BCUT2D eigenvalue weighted by molar-refractivity contribution is 0.0780. The fraction of sp³-hybridized carbons (Fsp3) is 0.769. The van der Waals surface area contributed by atoms with Gasteiger partial charge >= 0.3 is 0 Å². The van der Waals surface area contributed by atoms with E-state index in [4.69, 9.17) is 0 Å². The van der Waals surface area contributed by atoms with E-state index in [1.54, 1.807) is 0 Å². The van der Waals surface area contributed by atoms with Gasteiger partial charge in [0, 0.05) is 12.6 Å². The number of rotatable bonds is 2. The summed E-state index contributed by atoms with van der Waals surface area (Å²) in [6, 6.07) is 0. The molecular formula is C13H20N2OS. The molecular weight excluding hydrogens is 232 g/mol. The van der Waals surface area contributed by atoms with E-state index in [-0.39, 0.29) is 6.23 Å². The highest BCUT2D eigenvalue weighted by Gasteiger charge is 2.21. The van der Waals surface area contributed by atoms with E-state index < -0.39 is 0 Å². The summed E-state index contributed by atoms with van der Waals surface area (Å²) >= 11 is 2.07. The number of aryl methyl sites for hydroxylation is 1. The third kappa shape index (κ3) is 2.52. The van der Waals surface area contributed by atoms with Crippen LogP contribution in [0, 0.1) is 5.92 Å². The molecule has 0 amide bonds. The van der Waals surface area contributed by atoms with Crippen LogP contribution in [-0.2, 0) is 12.8 Å². The molecule has 2 atom stereocenters. The standard InChI is InChI=1S/C13H20N2OS/c16-13-5-1-4-12-14-11(8-15(12)13)7-10-3-2-6-17-9-10/h8,10,13,16H,1-7,9H2. The summed E-state index contributed by atoms with van der Waals surface area (Å²) in [7, 11) is 0. The van der Waals surface area contributed by atoms with Crippen molar-refractivity contribution in [2.45, 2.75) is 44.8 Å². The summed E-state index contributed by atoms with van der Waals surface area (Å²) < 4.78 is 1.98. The summed E-state index contributed by atoms with van der Waals surface area (Å²) in [4.78, 5) is 4.69. The number of hydrogen-bond donors (Lipinski definition) is 1. The van der Waals surface area contributed by atoms with Gasteiger partial charge in [-0.05, 0) is 49.5 Å². The van der Waals surface area contributed by atoms with Gasteiger partial charge in [0.1, 0.15) is 12.1 Å². The number of aliphatic hydroxyl groups excluding tert-OH is 1. The lowest BCUT2D eigenvalue weighted by atomic mass is 10.00. The quantitative estimate of drug-likeness (QED) is 0.878. The van der Waals surface area contributed by atoms with Crippen molar-refractivity contribution in [3.63, 3.8) is 0 Å². The summed E-state index contributed by atoms with van der Waals surface area (Å²) in [5.41, 5.74) is 1.19. The molecule has 2 unspecified atom stereocenters. The van der Waals surface area contributed by atoms with Crippen molar-refractivity contribution in [1.82, 2.24) is 9.55 Å². The first-order chi connectivity index (χ1) is 8.33. The van der Waals surface area contributed by atoms with Crippen molar-refractivity contribution >= 4 is 11.8 Å². The maximum Gasteiger partial charge on any atom is 0.131 e. The number of thioether (sulfide) groups is 1. The maximum atomic E-state index is 9.90. The lowest BCUT2D eigenvalue weighted by Crippen LogP contribution is -2.16. The first kappa shape index (κ1) is 11.6. The average molecular weight is 252 g/mol. The van der Waals surface area contributed by atoms with Gasteiger partial charge in [-0.25, -0.2) is 4.98 Å². The maximum absolute atomic E-state index is 9.90. The summed E-state index contributed by atoms with van der Waals surface area (Å²) in [6.45, 7) is 0. The third-order valence-corrected chi connectivity index (χ3v) is 5.08. The van der Waals surface area contributed by atoms with Crippen LogP contribution in [-0.4, -0.2) is 26.2 Å². The minimum Gasteiger partial charge on any atom is -0.373 e. The second-order valence-electron chi connectivity index (χ2n) is 5.22. The monoisotopic (exact) mass is 252 g/mol. The molecule has 2 aliphatic heterocycles. The SMILES string of the molecule is OC1CCCc2nc(CC3CCCSC3)cn21. The van der Waals surface area contributed by atoms with Gasteiger partial charge in [0.25, 0.3) is 0 Å². The Morgan fingerprint density at radius 1 is 1.41 bits per heavy atom. The van der Waals surface area contributed by atoms with Crippen LogP contribution in [0.4, 0.5) is 0 Å². The highest BCUT2D eigenvalue weighted by molar-refractivity contribution is 7.99. The Labute approximate surface area is 107 Å². The van der Waals surface area contributed by atoms with Crippen LogP contribution < -0.4 is 0 Å². The topological polar surface area (TPSA) is 38.1 Å². The number of fused-ring (bicyclic) bond motifs is 1. The largest absolute Gasteiger partial charge is 0.373 e. The molecule has 1 saturated heterocycles. The normalized spacial score (nSPS) is 29.0. The highest BCUT2D eigenvalue weighted by Crippen LogP contribution is 2.27. The molecule has 1 fully saturated rings. The van der Waals surface area contributed by atoms with E-state index in [1.807, 2.05) is 4.57 Å². The van der Waals surface area contributed by atoms with Gasteiger partial charge in [0.2, 0.25) is 0 Å². The third-order valence-electron chi connectivity index (χ3n) is 3.80. The van der Waals surface area contributed by atoms with Crippen molar-refractivity contribution in [2.24, 2.45) is 5.92 Å². The molecule has 1 N–H and O–H groups in total. The van der Waals surface area contributed by atoms with Gasteiger partial charge in [-0.1, -0.05) is 0 Å². The Hall–Kier alpha value is -0.480. The summed E-state index contributed by atoms with van der Waals surface area (Å²) in [5.74, 6) is 4.49. The van der Waals surface area contributed by atoms with E-state index in [0.717, 1.165) is 37.4 Å². The Morgan fingerprint density at radius 3 is 3.12 bits per heavy atom. The van der Waals surface area contributed by atoms with Crippen LogP contribution in [0.5, 0.6) is 0 Å². The van der Waals surface area contributed by atoms with Gasteiger partial charge in [0.15, 0.2) is 0 Å². The molecule has 1 aromatic rings. The Balaban J connectivity index is 1.71. The average Bonchev–Trinajstić information content (AvgIpc) is 2.74. The van der Waals surface area contributed by atoms with Gasteiger partial charge in [0.05, 0.1) is 5.69 Å². The van der Waals surface area contributed by atoms with Crippen LogP contribution in [0.2, 0.25) is 0 Å². The molecule has 0 aliphatic carbocycles. The van der Waals surface area contributed by atoms with Gasteiger partial charge in [-0.3, -0.25) is 0 Å². The number of imidazole rings is 1. The molecule has 3 rings (SSSR count). The first-order valence-corrected chi connectivity index (χ1v) is 7.81. The zero-order valence-corrected chi connectivity index (χ0v) is 11.0. The van der Waals surface area contributed by atoms with Crippen molar-refractivity contribution in [1.29, 1.82) is 0 Å². The molecule has 1 aromatic heterocycles. The molecule has 17 heavy (non-hydrogen) atoms. The van der Waals surface area contributed by atoms with E-state index in [9.17, 15) is 5.11 Å². The Bertz CT molecular complexity index is 385. The molecule has 0 aromatic carbocycles. The summed E-state index contributed by atoms with van der Waals surface area (Å²) in [5, 5.41) is 9.90. The fourth-order valence-electron chi connectivity index (χ4n) is 2.87. The van der Waals surface area contributed by atoms with Gasteiger partial charge < -0.3 is 9.67 Å². The molecule has 4 heteroatoms. The zero-order chi connectivity index (χ0) is 11.7. The van der Waals surface area contributed by atoms with E-state index >= 15 is 0 Å². The molecule has 3 nitrogen and oxygen atoms in total. The number of aliphatic hydroxyl groups is 1. The number of hydrogen-bond acceptors (Lipinski definition) is 3. The fourth-order valence-corrected chi connectivity index (χ4v) is 4.03. The highest BCUT2D eigenvalue weighted by atomic mass is 32.2. The molecule has 0 bridgehead atoms. The van der Waals surface area contributed by atoms with E-state index in [0.29, 0.717) is 0 Å². The minimum atomic E-state index is -0.333. The van der Waals surface area contributed by atoms with Crippen LogP contribution in [0.25, 0.3) is 0 Å². The van der Waals surface area contributed by atoms with Crippen molar-refractivity contribution in [3.8, 4) is 0 Å². The van der Waals surface area contributed by atoms with Crippen molar-refractivity contribution < 1.29 is 5.11 Å². The second kappa shape index (κ2) is 5.02. The van der Waals surface area contributed by atoms with E-state index in [1.165, 1.54) is 30.0 Å². The second-order valence-corrected chi connectivity index (χ2v) is 6.37. The van der Waals surface area contributed by atoms with Gasteiger partial charge in [-0.15, -0.1) is 0 Å². The molecule has 3 heterocycles. The van der Waals surface area contributed by atoms with Crippen LogP contribution >= 0.6 is 11.8 Å². The van der Waals surface area contributed by atoms with E-state index in [2.05, 4.69) is 22.9 Å². The zero-order valence-electron chi connectivity index (χ0n) is 10.1. The first-order valence-electron chi connectivity index (χ1n) is 6.65. The molecule has 0 radical (unpaired) electrons. The van der Waals surface area contributed by atoms with Crippen LogP contribution in [0.1, 0.15) is 43.4 Å². The van der Waals surface area contributed by atoms with Gasteiger partial charge in [-0.2, -0.15) is 11.8 Å². The Morgan fingerprint density at radius 2 is 2.35 bits per heavy atom.